The van der Waals surface area contributed by atoms with Crippen molar-refractivity contribution in [1.82, 2.24) is 5.32 Å². The van der Waals surface area contributed by atoms with Gasteiger partial charge in [0.25, 0.3) is 5.91 Å². The number of phenols is 1. The summed E-state index contributed by atoms with van der Waals surface area (Å²) in [5, 5.41) is 12.5. The van der Waals surface area contributed by atoms with Crippen LogP contribution in [0.15, 0.2) is 22.7 Å². The molecule has 0 atom stereocenters. The number of ether oxygens (including phenoxy) is 1. The van der Waals surface area contributed by atoms with E-state index in [0.29, 0.717) is 4.47 Å². The Kier molecular flexibility index (Phi) is 5.61. The van der Waals surface area contributed by atoms with Crippen LogP contribution in [0, 0.1) is 0 Å². The van der Waals surface area contributed by atoms with Crippen molar-refractivity contribution in [3.8, 4) is 5.75 Å². The first kappa shape index (κ1) is 15.8. The van der Waals surface area contributed by atoms with E-state index in [9.17, 15) is 14.7 Å². The number of hydrogen-bond acceptors (Lipinski definition) is 4. The van der Waals surface area contributed by atoms with Crippen molar-refractivity contribution in [2.45, 2.75) is 38.1 Å². The van der Waals surface area contributed by atoms with E-state index in [1.165, 1.54) is 18.6 Å². The topological polar surface area (TPSA) is 75.6 Å². The molecule has 1 fully saturated rings. The van der Waals surface area contributed by atoms with Gasteiger partial charge in [0.1, 0.15) is 11.3 Å². The van der Waals surface area contributed by atoms with Gasteiger partial charge in [0.05, 0.1) is 0 Å². The summed E-state index contributed by atoms with van der Waals surface area (Å²) >= 11 is 3.21. The molecule has 2 rings (SSSR count). The molecule has 0 spiro atoms. The van der Waals surface area contributed by atoms with Gasteiger partial charge in [0.15, 0.2) is 6.61 Å². The molecule has 1 aromatic rings. The summed E-state index contributed by atoms with van der Waals surface area (Å²) in [5.74, 6) is -1.19. The predicted molar refractivity (Wildman–Crippen MR) is 81.1 cm³/mol. The first-order valence-corrected chi connectivity index (χ1v) is 7.80. The lowest BCUT2D eigenvalue weighted by Gasteiger charge is -2.22. The van der Waals surface area contributed by atoms with Gasteiger partial charge in [-0.25, -0.2) is 4.79 Å². The fraction of sp³-hybridized carbons (Fsp3) is 0.467. The number of hydrogen-bond donors (Lipinski definition) is 2. The third kappa shape index (κ3) is 4.74. The first-order chi connectivity index (χ1) is 10.1. The molecule has 1 aromatic carbocycles. The van der Waals surface area contributed by atoms with Crippen molar-refractivity contribution in [3.05, 3.63) is 28.2 Å². The van der Waals surface area contributed by atoms with Crippen LogP contribution in [-0.4, -0.2) is 29.6 Å². The van der Waals surface area contributed by atoms with Crippen molar-refractivity contribution >= 4 is 27.8 Å². The van der Waals surface area contributed by atoms with Gasteiger partial charge in [-0.1, -0.05) is 35.2 Å². The minimum absolute atomic E-state index is 0.0369. The molecule has 0 aromatic heterocycles. The quantitative estimate of drug-likeness (QED) is 0.814. The monoisotopic (exact) mass is 355 g/mol. The van der Waals surface area contributed by atoms with E-state index in [4.69, 9.17) is 4.74 Å². The number of carbonyl (C=O) groups is 2. The number of phenolic OH excluding ortho intramolecular Hbond substituents is 1. The third-order valence-electron chi connectivity index (χ3n) is 3.48. The fourth-order valence-electron chi connectivity index (χ4n) is 2.40. The zero-order valence-electron chi connectivity index (χ0n) is 11.6. The van der Waals surface area contributed by atoms with Crippen LogP contribution in [-0.2, 0) is 9.53 Å². The van der Waals surface area contributed by atoms with Gasteiger partial charge in [-0.05, 0) is 31.0 Å². The van der Waals surface area contributed by atoms with Crippen LogP contribution in [0.1, 0.15) is 42.5 Å². The molecule has 2 N–H and O–H groups in total. The van der Waals surface area contributed by atoms with Crippen molar-refractivity contribution in [1.29, 1.82) is 0 Å². The van der Waals surface area contributed by atoms with E-state index in [2.05, 4.69) is 21.2 Å². The Hall–Kier alpha value is -1.56. The number of rotatable bonds is 4. The molecule has 5 nitrogen and oxygen atoms in total. The summed E-state index contributed by atoms with van der Waals surface area (Å²) < 4.78 is 5.59. The maximum absolute atomic E-state index is 11.8. The number of carbonyl (C=O) groups excluding carboxylic acids is 2. The van der Waals surface area contributed by atoms with Crippen molar-refractivity contribution in [3.63, 3.8) is 0 Å². The third-order valence-corrected chi connectivity index (χ3v) is 3.98. The van der Waals surface area contributed by atoms with Gasteiger partial charge in [-0.2, -0.15) is 0 Å². The molecule has 0 heterocycles. The van der Waals surface area contributed by atoms with Gasteiger partial charge in [-0.15, -0.1) is 0 Å². The van der Waals surface area contributed by atoms with E-state index < -0.39 is 5.97 Å². The van der Waals surface area contributed by atoms with Gasteiger partial charge in [0.2, 0.25) is 0 Å². The van der Waals surface area contributed by atoms with Gasteiger partial charge in [0, 0.05) is 10.5 Å². The van der Waals surface area contributed by atoms with E-state index in [1.54, 1.807) is 6.07 Å². The van der Waals surface area contributed by atoms with E-state index in [-0.39, 0.29) is 29.9 Å². The van der Waals surface area contributed by atoms with Crippen molar-refractivity contribution in [2.24, 2.45) is 0 Å². The van der Waals surface area contributed by atoms with Crippen LogP contribution in [0.4, 0.5) is 0 Å². The largest absolute Gasteiger partial charge is 0.507 e. The van der Waals surface area contributed by atoms with Crippen LogP contribution in [0.5, 0.6) is 5.75 Å². The smallest absolute Gasteiger partial charge is 0.342 e. The second-order valence-electron chi connectivity index (χ2n) is 5.14. The maximum Gasteiger partial charge on any atom is 0.342 e. The summed E-state index contributed by atoms with van der Waals surface area (Å²) in [6, 6.07) is 4.64. The molecule has 1 aliphatic carbocycles. The molecular formula is C15H18BrNO4. The molecule has 114 valence electrons. The molecular weight excluding hydrogens is 338 g/mol. The highest BCUT2D eigenvalue weighted by Gasteiger charge is 2.18. The maximum atomic E-state index is 11.8. The van der Waals surface area contributed by atoms with E-state index >= 15 is 0 Å². The molecule has 1 saturated carbocycles. The predicted octanol–water partition coefficient (Wildman–Crippen LogP) is 2.76. The number of aromatic hydroxyl groups is 1. The van der Waals surface area contributed by atoms with Gasteiger partial charge in [-0.3, -0.25) is 4.79 Å². The summed E-state index contributed by atoms with van der Waals surface area (Å²) in [7, 11) is 0. The Morgan fingerprint density at radius 1 is 1.29 bits per heavy atom. The van der Waals surface area contributed by atoms with Crippen LogP contribution in [0.2, 0.25) is 0 Å². The second-order valence-corrected chi connectivity index (χ2v) is 6.06. The normalized spacial score (nSPS) is 15.5. The van der Waals surface area contributed by atoms with E-state index in [0.717, 1.165) is 25.7 Å². The van der Waals surface area contributed by atoms with Crippen LogP contribution in [0.25, 0.3) is 0 Å². The zero-order valence-corrected chi connectivity index (χ0v) is 13.2. The first-order valence-electron chi connectivity index (χ1n) is 7.01. The number of esters is 1. The Morgan fingerprint density at radius 3 is 2.71 bits per heavy atom. The number of halogens is 1. The number of benzene rings is 1. The standard InChI is InChI=1S/C15H18BrNO4/c16-10-6-7-13(18)12(8-10)15(20)21-9-14(19)17-11-4-2-1-3-5-11/h6-8,11,18H,1-5,9H2,(H,17,19). The van der Waals surface area contributed by atoms with Crippen molar-refractivity contribution < 1.29 is 19.4 Å². The van der Waals surface area contributed by atoms with Gasteiger partial charge < -0.3 is 15.2 Å². The molecule has 0 bridgehead atoms. The second kappa shape index (κ2) is 7.45. The highest BCUT2D eigenvalue weighted by Crippen LogP contribution is 2.22. The molecule has 0 radical (unpaired) electrons. The Balaban J connectivity index is 1.82. The highest BCUT2D eigenvalue weighted by molar-refractivity contribution is 9.10. The molecule has 0 unspecified atom stereocenters. The molecule has 0 saturated heterocycles. The molecule has 21 heavy (non-hydrogen) atoms. The Morgan fingerprint density at radius 2 is 2.00 bits per heavy atom. The zero-order chi connectivity index (χ0) is 15.2. The average molecular weight is 356 g/mol. The molecule has 0 aliphatic heterocycles. The fourth-order valence-corrected chi connectivity index (χ4v) is 2.76. The summed E-state index contributed by atoms with van der Waals surface area (Å²) in [4.78, 5) is 23.6. The van der Waals surface area contributed by atoms with Crippen LogP contribution >= 0.6 is 15.9 Å². The van der Waals surface area contributed by atoms with Crippen molar-refractivity contribution in [2.75, 3.05) is 6.61 Å². The lowest BCUT2D eigenvalue weighted by atomic mass is 9.95. The Bertz CT molecular complexity index is 526. The minimum atomic E-state index is -0.715. The molecule has 6 heteroatoms. The van der Waals surface area contributed by atoms with Crippen LogP contribution in [0.3, 0.4) is 0 Å². The summed E-state index contributed by atoms with van der Waals surface area (Å²) in [6.45, 7) is -0.332. The number of nitrogens with one attached hydrogen (secondary N) is 1. The minimum Gasteiger partial charge on any atom is -0.507 e. The van der Waals surface area contributed by atoms with E-state index in [1.807, 2.05) is 0 Å². The summed E-state index contributed by atoms with van der Waals surface area (Å²) in [5.41, 5.74) is 0.0369. The molecule has 1 aliphatic rings. The SMILES string of the molecule is O=C(COC(=O)c1cc(Br)ccc1O)NC1CCCCC1. The van der Waals surface area contributed by atoms with Gasteiger partial charge >= 0.3 is 5.97 Å². The van der Waals surface area contributed by atoms with Crippen LogP contribution < -0.4 is 5.32 Å². The molecule has 1 amide bonds. The average Bonchev–Trinajstić information content (AvgIpc) is 2.48. The Labute approximate surface area is 131 Å². The lowest BCUT2D eigenvalue weighted by Crippen LogP contribution is -2.38. The highest BCUT2D eigenvalue weighted by atomic mass is 79.9. The lowest BCUT2D eigenvalue weighted by molar-refractivity contribution is -0.125. The summed E-state index contributed by atoms with van der Waals surface area (Å²) in [6.07, 6.45) is 5.41. The number of amides is 1.